The van der Waals surface area contributed by atoms with Crippen molar-refractivity contribution in [3.63, 3.8) is 0 Å². The molecule has 0 radical (unpaired) electrons. The third-order valence-electron chi connectivity index (χ3n) is 6.12. The van der Waals surface area contributed by atoms with Crippen LogP contribution in [0.4, 0.5) is 27.3 Å². The summed E-state index contributed by atoms with van der Waals surface area (Å²) < 4.78 is 19.2. The van der Waals surface area contributed by atoms with Crippen molar-refractivity contribution >= 4 is 61.9 Å². The Morgan fingerprint density at radius 2 is 2.03 bits per heavy atom. The highest BCUT2D eigenvalue weighted by Crippen LogP contribution is 2.37. The second kappa shape index (κ2) is 11.0. The predicted octanol–water partition coefficient (Wildman–Crippen LogP) is 5.67. The second-order valence-corrected chi connectivity index (χ2v) is 10.4. The van der Waals surface area contributed by atoms with E-state index in [-0.39, 0.29) is 16.6 Å². The first-order valence-electron chi connectivity index (χ1n) is 11.8. The molecule has 1 atom stereocenters. The fourth-order valence-corrected chi connectivity index (χ4v) is 5.46. The van der Waals surface area contributed by atoms with Crippen LogP contribution in [0.1, 0.15) is 28.1 Å². The number of nitrogens with one attached hydrogen (secondary N) is 2. The molecule has 0 bridgehead atoms. The van der Waals surface area contributed by atoms with Gasteiger partial charge in [0.05, 0.1) is 22.2 Å². The lowest BCUT2D eigenvalue weighted by molar-refractivity contribution is 0.0793. The van der Waals surface area contributed by atoms with Crippen molar-refractivity contribution in [2.75, 3.05) is 36.6 Å². The molecule has 3 heterocycles. The number of carbonyl (C=O) groups is 1. The summed E-state index contributed by atoms with van der Waals surface area (Å²) in [5, 5.41) is 6.49. The van der Waals surface area contributed by atoms with E-state index in [0.29, 0.717) is 38.4 Å². The summed E-state index contributed by atoms with van der Waals surface area (Å²) in [6.45, 7) is 2.55. The number of benzene rings is 2. The number of likely N-dealkylation sites (N-methyl/N-ethyl adjacent to an activating group) is 1. The molecule has 4 N–H and O–H groups in total. The largest absolute Gasteiger partial charge is 0.397 e. The first kappa shape index (κ1) is 25.3. The minimum absolute atomic E-state index is 0.0193. The molecule has 2 aromatic heterocycles. The molecule has 192 valence electrons. The summed E-state index contributed by atoms with van der Waals surface area (Å²) in [6.07, 6.45) is 3.93. The predicted molar refractivity (Wildman–Crippen MR) is 146 cm³/mol. The zero-order valence-electron chi connectivity index (χ0n) is 20.1. The number of ether oxygens (including phenoxy) is 1. The van der Waals surface area contributed by atoms with Crippen LogP contribution in [0.5, 0.6) is 0 Å². The third-order valence-corrected chi connectivity index (χ3v) is 7.52. The topological polar surface area (TPSA) is 105 Å². The van der Waals surface area contributed by atoms with Crippen LogP contribution in [0, 0.1) is 5.82 Å². The van der Waals surface area contributed by atoms with Crippen molar-refractivity contribution in [1.82, 2.24) is 14.9 Å². The van der Waals surface area contributed by atoms with Gasteiger partial charge in [-0.25, -0.2) is 14.4 Å². The van der Waals surface area contributed by atoms with E-state index >= 15 is 0 Å². The number of nitrogen functional groups attached to an aromatic ring is 1. The lowest BCUT2D eigenvalue weighted by Crippen LogP contribution is -2.28. The van der Waals surface area contributed by atoms with Gasteiger partial charge in [-0.1, -0.05) is 23.7 Å². The van der Waals surface area contributed by atoms with Crippen molar-refractivity contribution in [3.8, 4) is 0 Å². The van der Waals surface area contributed by atoms with Gasteiger partial charge >= 0.3 is 0 Å². The summed E-state index contributed by atoms with van der Waals surface area (Å²) in [7, 11) is 2.08. The van der Waals surface area contributed by atoms with Gasteiger partial charge in [-0.2, -0.15) is 0 Å². The zero-order chi connectivity index (χ0) is 25.9. The van der Waals surface area contributed by atoms with Crippen molar-refractivity contribution in [2.24, 2.45) is 0 Å². The van der Waals surface area contributed by atoms with Crippen LogP contribution in [0.15, 0.2) is 48.8 Å². The van der Waals surface area contributed by atoms with Crippen LogP contribution in [0.2, 0.25) is 5.02 Å². The van der Waals surface area contributed by atoms with Gasteiger partial charge in [-0.15, -0.1) is 11.3 Å². The maximum Gasteiger partial charge on any atom is 0.267 e. The molecule has 1 saturated heterocycles. The Morgan fingerprint density at radius 1 is 1.24 bits per heavy atom. The molecule has 0 aliphatic carbocycles. The maximum atomic E-state index is 13.5. The molecule has 2 aromatic carbocycles. The number of aromatic nitrogens is 2. The highest BCUT2D eigenvalue weighted by atomic mass is 35.5. The number of nitrogens with zero attached hydrogens (tertiary/aromatic N) is 3. The number of fused-ring (bicyclic) bond motifs is 1. The normalized spacial score (nSPS) is 15.4. The van der Waals surface area contributed by atoms with E-state index in [1.807, 2.05) is 24.3 Å². The maximum absolute atomic E-state index is 13.5. The smallest absolute Gasteiger partial charge is 0.267 e. The molecule has 8 nitrogen and oxygen atoms in total. The molecular weight excluding hydrogens is 515 g/mol. The molecule has 4 aromatic rings. The fraction of sp³-hybridized carbons (Fsp3) is 0.269. The van der Waals surface area contributed by atoms with E-state index in [9.17, 15) is 9.18 Å². The molecule has 5 rings (SSSR count). The van der Waals surface area contributed by atoms with Gasteiger partial charge in [0.1, 0.15) is 27.7 Å². The molecule has 1 amide bonds. The Balaban J connectivity index is 1.28. The van der Waals surface area contributed by atoms with Crippen LogP contribution in [-0.4, -0.2) is 47.1 Å². The Kier molecular flexibility index (Phi) is 7.52. The Morgan fingerprint density at radius 3 is 2.76 bits per heavy atom. The Labute approximate surface area is 222 Å². The molecule has 37 heavy (non-hydrogen) atoms. The molecule has 0 unspecified atom stereocenters. The van der Waals surface area contributed by atoms with Crippen LogP contribution < -0.4 is 16.4 Å². The minimum atomic E-state index is -0.521. The van der Waals surface area contributed by atoms with Crippen molar-refractivity contribution in [1.29, 1.82) is 0 Å². The number of halogens is 2. The SMILES string of the molecule is CN(Cc1ccc(NC(=O)c2sc3ncnc(Nc4ccc(F)c(Cl)c4)c3c2N)cc1)C[C@@H]1CCCO1. The number of amides is 1. The van der Waals surface area contributed by atoms with Crippen LogP contribution >= 0.6 is 22.9 Å². The first-order valence-corrected chi connectivity index (χ1v) is 13.0. The molecule has 0 spiro atoms. The summed E-state index contributed by atoms with van der Waals surface area (Å²) >= 11 is 7.07. The van der Waals surface area contributed by atoms with E-state index in [2.05, 4.69) is 32.5 Å². The fourth-order valence-electron chi connectivity index (χ4n) is 4.32. The number of nitrogens with two attached hydrogens (primary N) is 1. The van der Waals surface area contributed by atoms with E-state index < -0.39 is 5.82 Å². The molecule has 1 fully saturated rings. The lowest BCUT2D eigenvalue weighted by Gasteiger charge is -2.20. The lowest BCUT2D eigenvalue weighted by atomic mass is 10.1. The summed E-state index contributed by atoms with van der Waals surface area (Å²) in [5.41, 5.74) is 8.98. The van der Waals surface area contributed by atoms with Gasteiger partial charge in [-0.3, -0.25) is 9.69 Å². The highest BCUT2D eigenvalue weighted by molar-refractivity contribution is 7.21. The average molecular weight is 541 g/mol. The number of hydrogen-bond acceptors (Lipinski definition) is 8. The molecule has 1 aliphatic rings. The van der Waals surface area contributed by atoms with E-state index in [0.717, 1.165) is 38.1 Å². The van der Waals surface area contributed by atoms with Crippen molar-refractivity contribution < 1.29 is 13.9 Å². The summed E-state index contributed by atoms with van der Waals surface area (Å²) in [5.74, 6) is -0.454. The number of anilines is 4. The standard InChI is InChI=1S/C26H26ClFN6O2S/c1-34(13-18-3-2-10-36-18)12-15-4-6-16(7-5-15)33-25(35)23-22(29)21-24(30-14-31-26(21)37-23)32-17-8-9-20(28)19(27)11-17/h4-9,11,14,18H,2-3,10,12-13,29H2,1H3,(H,33,35)(H,30,31,32)/t18-/m0/s1. The number of carbonyl (C=O) groups excluding carboxylic acids is 1. The third kappa shape index (κ3) is 5.83. The van der Waals surface area contributed by atoms with E-state index in [1.165, 1.54) is 35.9 Å². The van der Waals surface area contributed by atoms with Gasteiger partial charge in [0, 0.05) is 31.1 Å². The van der Waals surface area contributed by atoms with Gasteiger partial charge in [0.15, 0.2) is 0 Å². The Bertz CT molecular complexity index is 1420. The average Bonchev–Trinajstić information content (AvgIpc) is 3.51. The monoisotopic (exact) mass is 540 g/mol. The van der Waals surface area contributed by atoms with Gasteiger partial charge in [-0.05, 0) is 55.8 Å². The van der Waals surface area contributed by atoms with Gasteiger partial charge in [0.25, 0.3) is 5.91 Å². The number of thiophene rings is 1. The molecule has 1 aliphatic heterocycles. The number of hydrogen-bond donors (Lipinski definition) is 3. The van der Waals surface area contributed by atoms with Gasteiger partial charge < -0.3 is 21.1 Å². The molecular formula is C26H26ClFN6O2S. The van der Waals surface area contributed by atoms with Crippen LogP contribution in [0.3, 0.4) is 0 Å². The van der Waals surface area contributed by atoms with Gasteiger partial charge in [0.2, 0.25) is 0 Å². The molecule has 0 saturated carbocycles. The first-order chi connectivity index (χ1) is 17.9. The summed E-state index contributed by atoms with van der Waals surface area (Å²) in [4.78, 5) is 24.7. The van der Waals surface area contributed by atoms with E-state index in [4.69, 9.17) is 22.1 Å². The summed E-state index contributed by atoms with van der Waals surface area (Å²) in [6, 6.07) is 12.0. The highest BCUT2D eigenvalue weighted by Gasteiger charge is 2.21. The van der Waals surface area contributed by atoms with Crippen molar-refractivity contribution in [2.45, 2.75) is 25.5 Å². The van der Waals surface area contributed by atoms with Crippen LogP contribution in [0.25, 0.3) is 10.2 Å². The quantitative estimate of drug-likeness (QED) is 0.264. The van der Waals surface area contributed by atoms with Crippen molar-refractivity contribution in [3.05, 3.63) is 70.1 Å². The Hall–Kier alpha value is -3.31. The minimum Gasteiger partial charge on any atom is -0.397 e. The molecule has 11 heteroatoms. The second-order valence-electron chi connectivity index (χ2n) is 8.98. The number of rotatable bonds is 8. The van der Waals surface area contributed by atoms with Crippen LogP contribution in [-0.2, 0) is 11.3 Å². The van der Waals surface area contributed by atoms with E-state index in [1.54, 1.807) is 0 Å². The zero-order valence-corrected chi connectivity index (χ0v) is 21.7.